The van der Waals surface area contributed by atoms with Crippen LogP contribution in [0.4, 0.5) is 8.78 Å². The summed E-state index contributed by atoms with van der Waals surface area (Å²) in [5.41, 5.74) is -5.22. The van der Waals surface area contributed by atoms with Gasteiger partial charge in [0.1, 0.15) is 24.2 Å². The molecule has 3 N–H and O–H groups in total. The molecule has 0 spiro atoms. The molecule has 0 bridgehead atoms. The number of hydrogen-bond donors (Lipinski definition) is 3. The molecule has 1 aromatic carbocycles. The van der Waals surface area contributed by atoms with Crippen molar-refractivity contribution in [3.63, 3.8) is 0 Å². The number of hydrogen-bond acceptors (Lipinski definition) is 7. The first-order chi connectivity index (χ1) is 20.8. The Morgan fingerprint density at radius 1 is 1.11 bits per heavy atom. The zero-order valence-corrected chi connectivity index (χ0v) is 25.4. The number of thiophene rings is 1. The number of benzene rings is 1. The summed E-state index contributed by atoms with van der Waals surface area (Å²) in [6.07, 6.45) is 5.19. The van der Waals surface area contributed by atoms with Gasteiger partial charge in [-0.25, -0.2) is 0 Å². The lowest BCUT2D eigenvalue weighted by Gasteiger charge is -2.42. The average Bonchev–Trinajstić information content (AvgIpc) is 3.27. The van der Waals surface area contributed by atoms with E-state index < -0.39 is 36.8 Å². The van der Waals surface area contributed by atoms with Gasteiger partial charge in [-0.2, -0.15) is 8.78 Å². The highest BCUT2D eigenvalue weighted by Crippen LogP contribution is 2.59. The summed E-state index contributed by atoms with van der Waals surface area (Å²) in [6.45, 7) is 1.01. The Morgan fingerprint density at radius 2 is 1.86 bits per heavy atom. The van der Waals surface area contributed by atoms with E-state index in [0.717, 1.165) is 48.6 Å². The number of nitrogens with one attached hydrogen (secondary N) is 1. The van der Waals surface area contributed by atoms with Crippen molar-refractivity contribution in [3.05, 3.63) is 46.9 Å². The number of aromatic nitrogens is 3. The molecule has 5 atom stereocenters. The van der Waals surface area contributed by atoms with E-state index in [1.165, 1.54) is 12.1 Å². The van der Waals surface area contributed by atoms with Gasteiger partial charge in [-0.1, -0.05) is 6.07 Å². The minimum atomic E-state index is -5.75. The van der Waals surface area contributed by atoms with E-state index in [1.807, 2.05) is 11.6 Å². The molecular formula is C28H31F2N6O6PS. The third-order valence-corrected chi connectivity index (χ3v) is 11.7. The van der Waals surface area contributed by atoms with Crippen LogP contribution >= 0.6 is 18.9 Å². The van der Waals surface area contributed by atoms with Crippen LogP contribution in [0.1, 0.15) is 59.1 Å². The molecule has 44 heavy (non-hydrogen) atoms. The van der Waals surface area contributed by atoms with Crippen LogP contribution < -0.4 is 5.32 Å². The quantitative estimate of drug-likeness (QED) is 0.345. The molecule has 0 radical (unpaired) electrons. The Morgan fingerprint density at radius 3 is 2.57 bits per heavy atom. The first kappa shape index (κ1) is 29.5. The molecule has 7 rings (SSSR count). The van der Waals surface area contributed by atoms with Gasteiger partial charge in [0, 0.05) is 36.4 Å². The third-order valence-electron chi connectivity index (χ3n) is 9.59. The van der Waals surface area contributed by atoms with Gasteiger partial charge in [0.25, 0.3) is 5.91 Å². The van der Waals surface area contributed by atoms with Gasteiger partial charge in [0.2, 0.25) is 11.8 Å². The normalized spacial score (nSPS) is 27.4. The number of alkyl halides is 2. The largest absolute Gasteiger partial charge is 0.399 e. The van der Waals surface area contributed by atoms with Crippen molar-refractivity contribution in [2.24, 2.45) is 18.9 Å². The topological polar surface area (TPSA) is 158 Å². The minimum Gasteiger partial charge on any atom is -0.340 e. The van der Waals surface area contributed by atoms with E-state index in [1.54, 1.807) is 16.1 Å². The summed E-state index contributed by atoms with van der Waals surface area (Å²) in [4.78, 5) is 62.9. The van der Waals surface area contributed by atoms with E-state index in [0.29, 0.717) is 42.5 Å². The summed E-state index contributed by atoms with van der Waals surface area (Å²) >= 11 is 1.03. The molecule has 4 aliphatic rings. The van der Waals surface area contributed by atoms with Crippen LogP contribution in [0.15, 0.2) is 30.6 Å². The van der Waals surface area contributed by atoms with Crippen LogP contribution in [0, 0.1) is 11.8 Å². The van der Waals surface area contributed by atoms with Crippen LogP contribution in [0.3, 0.4) is 0 Å². The Labute approximate surface area is 254 Å². The molecular weight excluding hydrogens is 617 g/mol. The summed E-state index contributed by atoms with van der Waals surface area (Å²) < 4.78 is 42.2. The number of aryl methyl sites for hydroxylation is 1. The fourth-order valence-corrected chi connectivity index (χ4v) is 8.49. The molecule has 3 aromatic rings. The fraction of sp³-hybridized carbons (Fsp3) is 0.536. The van der Waals surface area contributed by atoms with E-state index in [4.69, 9.17) is 9.79 Å². The number of amides is 3. The maximum absolute atomic E-state index is 14.3. The highest BCUT2D eigenvalue weighted by atomic mass is 32.1. The monoisotopic (exact) mass is 648 g/mol. The van der Waals surface area contributed by atoms with E-state index in [-0.39, 0.29) is 34.0 Å². The molecule has 1 saturated carbocycles. The van der Waals surface area contributed by atoms with Crippen LogP contribution in [-0.2, 0) is 26.9 Å². The summed E-state index contributed by atoms with van der Waals surface area (Å²) in [6, 6.07) is 3.07. The second-order valence-corrected chi connectivity index (χ2v) is 15.2. The SMILES string of the molecule is Cn1cnnc1C1CN(C(=O)[C@@H]2CC[C@@H]3C[C@@H]4C[C@@H]4C[C@H](NC(=O)c4cc5cc(C(F)(F)P(=O)(O)O)ccc5s4)C(=O)N32)C1. The zero-order chi connectivity index (χ0) is 31.1. The highest BCUT2D eigenvalue weighted by Gasteiger charge is 2.53. The average molecular weight is 649 g/mol. The first-order valence-corrected chi connectivity index (χ1v) is 17.0. The molecule has 2 aromatic heterocycles. The summed E-state index contributed by atoms with van der Waals surface area (Å²) in [5, 5.41) is 11.2. The number of fused-ring (bicyclic) bond motifs is 3. The van der Waals surface area contributed by atoms with Gasteiger partial charge in [-0.05, 0) is 67.5 Å². The Hall–Kier alpha value is -3.26. The van der Waals surface area contributed by atoms with Crippen molar-refractivity contribution in [2.75, 3.05) is 13.1 Å². The lowest BCUT2D eigenvalue weighted by Crippen LogP contribution is -2.60. The van der Waals surface area contributed by atoms with E-state index in [2.05, 4.69) is 15.5 Å². The number of carbonyl (C=O) groups excluding carboxylic acids is 3. The Bertz CT molecular complexity index is 1720. The smallest absolute Gasteiger partial charge is 0.340 e. The van der Waals surface area contributed by atoms with Gasteiger partial charge in [-0.15, -0.1) is 21.5 Å². The predicted molar refractivity (Wildman–Crippen MR) is 154 cm³/mol. The molecule has 234 valence electrons. The predicted octanol–water partition coefficient (Wildman–Crippen LogP) is 2.77. The van der Waals surface area contributed by atoms with Crippen molar-refractivity contribution in [1.29, 1.82) is 0 Å². The zero-order valence-electron chi connectivity index (χ0n) is 23.7. The van der Waals surface area contributed by atoms with Crippen LogP contribution in [0.5, 0.6) is 0 Å². The molecule has 3 aliphatic heterocycles. The number of carbonyl (C=O) groups is 3. The minimum absolute atomic E-state index is 0.0691. The second kappa shape index (κ2) is 10.4. The van der Waals surface area contributed by atoms with Crippen LogP contribution in [-0.4, -0.2) is 83.3 Å². The van der Waals surface area contributed by atoms with E-state index in [9.17, 15) is 27.7 Å². The number of halogens is 2. The van der Waals surface area contributed by atoms with Crippen molar-refractivity contribution in [3.8, 4) is 0 Å². The lowest BCUT2D eigenvalue weighted by molar-refractivity contribution is -0.149. The molecule has 3 amide bonds. The van der Waals surface area contributed by atoms with Crippen molar-refractivity contribution in [2.45, 2.75) is 61.8 Å². The second-order valence-electron chi connectivity index (χ2n) is 12.4. The maximum atomic E-state index is 14.3. The summed E-state index contributed by atoms with van der Waals surface area (Å²) in [5.74, 6) is 0.737. The number of rotatable bonds is 6. The van der Waals surface area contributed by atoms with Gasteiger partial charge in [0.05, 0.1) is 10.8 Å². The Kier molecular flexibility index (Phi) is 6.96. The third kappa shape index (κ3) is 4.93. The molecule has 1 aliphatic carbocycles. The fourth-order valence-electron chi connectivity index (χ4n) is 7.07. The molecule has 12 nitrogen and oxygen atoms in total. The van der Waals surface area contributed by atoms with Gasteiger partial charge < -0.3 is 29.5 Å². The van der Waals surface area contributed by atoms with Crippen LogP contribution in [0.25, 0.3) is 10.1 Å². The number of likely N-dealkylation sites (tertiary alicyclic amines) is 1. The van der Waals surface area contributed by atoms with Crippen molar-refractivity contribution < 1.29 is 37.5 Å². The first-order valence-electron chi connectivity index (χ1n) is 14.5. The van der Waals surface area contributed by atoms with Crippen molar-refractivity contribution >= 4 is 46.7 Å². The lowest BCUT2D eigenvalue weighted by atomic mass is 9.97. The van der Waals surface area contributed by atoms with Gasteiger partial charge in [-0.3, -0.25) is 18.9 Å². The molecule has 3 saturated heterocycles. The highest BCUT2D eigenvalue weighted by molar-refractivity contribution is 7.52. The molecule has 5 heterocycles. The summed E-state index contributed by atoms with van der Waals surface area (Å²) in [7, 11) is -3.89. The molecule has 16 heteroatoms. The molecule has 0 unspecified atom stereocenters. The van der Waals surface area contributed by atoms with Gasteiger partial charge in [0.15, 0.2) is 0 Å². The van der Waals surface area contributed by atoms with Gasteiger partial charge >= 0.3 is 13.3 Å². The van der Waals surface area contributed by atoms with Crippen LogP contribution in [0.2, 0.25) is 0 Å². The standard InChI is InChI=1S/C28H31F2N6O6PS/c1-34-13-31-33-24(34)17-11-35(12-17)27(39)21-4-3-19-8-14-6-15(14)9-20(26(38)36(19)21)32-25(37)23-10-16-7-18(2-5-22(16)44-23)28(29,30)43(40,41)42/h2,5,7,10,13-15,17,19-21H,3-4,6,8-9,11-12H2,1H3,(H,32,37)(H2,40,41,42)/t14-,15+,19+,20-,21-/m0/s1. The molecule has 4 fully saturated rings. The van der Waals surface area contributed by atoms with E-state index >= 15 is 0 Å². The Balaban J connectivity index is 1.08. The number of nitrogens with zero attached hydrogens (tertiary/aromatic N) is 5. The maximum Gasteiger partial charge on any atom is 0.399 e. The van der Waals surface area contributed by atoms with Crippen molar-refractivity contribution in [1.82, 2.24) is 29.9 Å².